The van der Waals surface area contributed by atoms with E-state index < -0.39 is 10.0 Å². The van der Waals surface area contributed by atoms with Crippen molar-refractivity contribution in [1.29, 1.82) is 0 Å². The molecule has 0 spiro atoms. The quantitative estimate of drug-likeness (QED) is 0.737. The Bertz CT molecular complexity index is 1100. The topological polar surface area (TPSA) is 74.7 Å². The van der Waals surface area contributed by atoms with Gasteiger partial charge in [-0.15, -0.1) is 0 Å². The monoisotopic (exact) mass is 398 g/mol. The van der Waals surface area contributed by atoms with Gasteiger partial charge in [0.2, 0.25) is 10.0 Å². The molecule has 1 aliphatic heterocycles. The molecule has 2 amide bonds. The number of hydrogen-bond acceptors (Lipinski definition) is 3. The first-order valence-electron chi connectivity index (χ1n) is 9.11. The second kappa shape index (κ2) is 7.29. The molecule has 0 unspecified atom stereocenters. The number of nitrogens with zero attached hydrogens (tertiary/aromatic N) is 3. The first-order chi connectivity index (χ1) is 13.4. The van der Waals surface area contributed by atoms with Gasteiger partial charge in [0.25, 0.3) is 0 Å². The summed E-state index contributed by atoms with van der Waals surface area (Å²) in [5.74, 6) is 0. The van der Waals surface area contributed by atoms with Gasteiger partial charge in [0, 0.05) is 56.0 Å². The predicted molar refractivity (Wildman–Crippen MR) is 109 cm³/mol. The molecule has 4 rings (SSSR count). The summed E-state index contributed by atoms with van der Waals surface area (Å²) in [6.45, 7) is 1.26. The zero-order valence-electron chi connectivity index (χ0n) is 15.6. The summed E-state index contributed by atoms with van der Waals surface area (Å²) >= 11 is 0. The molecule has 3 aromatic rings. The van der Waals surface area contributed by atoms with Crippen LogP contribution in [0, 0.1) is 0 Å². The smallest absolute Gasteiger partial charge is 0.321 e. The fourth-order valence-electron chi connectivity index (χ4n) is 3.42. The van der Waals surface area contributed by atoms with E-state index in [1.165, 1.54) is 4.31 Å². The molecule has 1 N–H and O–H groups in total. The van der Waals surface area contributed by atoms with Gasteiger partial charge in [-0.05, 0) is 36.4 Å². The Balaban J connectivity index is 1.44. The predicted octanol–water partition coefficient (Wildman–Crippen LogP) is 2.72. The number of nitrogens with one attached hydrogen (secondary N) is 1. The number of carbonyl (C=O) groups excluding carboxylic acids is 1. The van der Waals surface area contributed by atoms with E-state index in [2.05, 4.69) is 5.32 Å². The van der Waals surface area contributed by atoms with Gasteiger partial charge in [-0.25, -0.2) is 13.2 Å². The molecule has 2 heterocycles. The SMILES string of the molecule is Cn1ccc2cc(S(=O)(=O)N3CCN(C(=O)Nc4ccccc4)CC3)ccc21. The van der Waals surface area contributed by atoms with Crippen LogP contribution in [0.2, 0.25) is 0 Å². The third-order valence-electron chi connectivity index (χ3n) is 5.05. The minimum absolute atomic E-state index is 0.214. The number of urea groups is 1. The lowest BCUT2D eigenvalue weighted by Crippen LogP contribution is -2.51. The van der Waals surface area contributed by atoms with Crippen LogP contribution in [0.5, 0.6) is 0 Å². The fourth-order valence-corrected chi connectivity index (χ4v) is 4.88. The van der Waals surface area contributed by atoms with Crippen LogP contribution in [0.25, 0.3) is 10.9 Å². The molecule has 0 saturated carbocycles. The third kappa shape index (κ3) is 3.48. The van der Waals surface area contributed by atoms with Crippen molar-refractivity contribution in [2.75, 3.05) is 31.5 Å². The number of benzene rings is 2. The van der Waals surface area contributed by atoms with Crippen molar-refractivity contribution in [3.63, 3.8) is 0 Å². The molecule has 1 saturated heterocycles. The number of aromatic nitrogens is 1. The molecule has 8 heteroatoms. The van der Waals surface area contributed by atoms with E-state index in [9.17, 15) is 13.2 Å². The van der Waals surface area contributed by atoms with E-state index in [-0.39, 0.29) is 24.0 Å². The Morgan fingerprint density at radius 3 is 2.39 bits per heavy atom. The number of hydrogen-bond donors (Lipinski definition) is 1. The minimum Gasteiger partial charge on any atom is -0.351 e. The summed E-state index contributed by atoms with van der Waals surface area (Å²) in [6.07, 6.45) is 1.91. The zero-order chi connectivity index (χ0) is 19.7. The summed E-state index contributed by atoms with van der Waals surface area (Å²) in [5, 5.41) is 3.73. The maximum Gasteiger partial charge on any atom is 0.321 e. The normalized spacial score (nSPS) is 15.7. The first-order valence-corrected chi connectivity index (χ1v) is 10.6. The van der Waals surface area contributed by atoms with Gasteiger partial charge in [0.1, 0.15) is 0 Å². The van der Waals surface area contributed by atoms with Crippen molar-refractivity contribution in [1.82, 2.24) is 13.8 Å². The highest BCUT2D eigenvalue weighted by Gasteiger charge is 2.30. The van der Waals surface area contributed by atoms with Crippen LogP contribution < -0.4 is 5.32 Å². The van der Waals surface area contributed by atoms with Gasteiger partial charge in [-0.3, -0.25) is 0 Å². The number of amides is 2. The van der Waals surface area contributed by atoms with E-state index in [1.54, 1.807) is 17.0 Å². The Morgan fingerprint density at radius 1 is 0.964 bits per heavy atom. The van der Waals surface area contributed by atoms with Crippen molar-refractivity contribution >= 4 is 32.6 Å². The molecule has 0 aliphatic carbocycles. The van der Waals surface area contributed by atoms with Gasteiger partial charge >= 0.3 is 6.03 Å². The third-order valence-corrected chi connectivity index (χ3v) is 6.94. The van der Waals surface area contributed by atoms with Crippen molar-refractivity contribution in [3.05, 3.63) is 60.8 Å². The Kier molecular flexibility index (Phi) is 4.82. The van der Waals surface area contributed by atoms with Crippen LogP contribution in [0.3, 0.4) is 0 Å². The van der Waals surface area contributed by atoms with Gasteiger partial charge in [-0.2, -0.15) is 4.31 Å². The van der Waals surface area contributed by atoms with Crippen molar-refractivity contribution in [2.45, 2.75) is 4.90 Å². The summed E-state index contributed by atoms with van der Waals surface area (Å²) in [4.78, 5) is 14.3. The lowest BCUT2D eigenvalue weighted by Gasteiger charge is -2.34. The highest BCUT2D eigenvalue weighted by Crippen LogP contribution is 2.23. The Morgan fingerprint density at radius 2 is 1.68 bits per heavy atom. The summed E-state index contributed by atoms with van der Waals surface area (Å²) < 4.78 is 29.4. The van der Waals surface area contributed by atoms with Crippen LogP contribution in [-0.2, 0) is 17.1 Å². The van der Waals surface area contributed by atoms with Crippen LogP contribution in [0.4, 0.5) is 10.5 Å². The van der Waals surface area contributed by atoms with Crippen molar-refractivity contribution in [3.8, 4) is 0 Å². The van der Waals surface area contributed by atoms with Crippen LogP contribution >= 0.6 is 0 Å². The van der Waals surface area contributed by atoms with Crippen molar-refractivity contribution in [2.24, 2.45) is 7.05 Å². The summed E-state index contributed by atoms with van der Waals surface area (Å²) in [6, 6.07) is 16.1. The molecular weight excluding hydrogens is 376 g/mol. The maximum absolute atomic E-state index is 13.0. The molecule has 1 aromatic heterocycles. The molecule has 0 radical (unpaired) electrons. The minimum atomic E-state index is -3.59. The average Bonchev–Trinajstić information content (AvgIpc) is 3.09. The van der Waals surface area contributed by atoms with E-state index in [0.717, 1.165) is 16.6 Å². The standard InChI is InChI=1S/C20H22N4O3S/c1-22-10-9-16-15-18(7-8-19(16)22)28(26,27)24-13-11-23(12-14-24)20(25)21-17-5-3-2-4-6-17/h2-10,15H,11-14H2,1H3,(H,21,25). The largest absolute Gasteiger partial charge is 0.351 e. The first kappa shape index (κ1) is 18.5. The van der Waals surface area contributed by atoms with E-state index in [1.807, 2.05) is 60.3 Å². The van der Waals surface area contributed by atoms with E-state index in [4.69, 9.17) is 0 Å². The number of para-hydroxylation sites is 1. The number of fused-ring (bicyclic) bond motifs is 1. The van der Waals surface area contributed by atoms with Crippen LogP contribution in [-0.4, -0.2) is 54.4 Å². The Labute approximate surface area is 164 Å². The molecule has 146 valence electrons. The number of piperazine rings is 1. The molecule has 7 nitrogen and oxygen atoms in total. The number of rotatable bonds is 3. The molecule has 0 atom stereocenters. The molecule has 1 aliphatic rings. The van der Waals surface area contributed by atoms with Crippen LogP contribution in [0.1, 0.15) is 0 Å². The lowest BCUT2D eigenvalue weighted by molar-refractivity contribution is 0.184. The number of anilines is 1. The van der Waals surface area contributed by atoms with E-state index >= 15 is 0 Å². The molecule has 2 aromatic carbocycles. The highest BCUT2D eigenvalue weighted by atomic mass is 32.2. The molecule has 1 fully saturated rings. The molecule has 28 heavy (non-hydrogen) atoms. The number of aryl methyl sites for hydroxylation is 1. The summed E-state index contributed by atoms with van der Waals surface area (Å²) in [5.41, 5.74) is 1.71. The zero-order valence-corrected chi connectivity index (χ0v) is 16.4. The van der Waals surface area contributed by atoms with Gasteiger partial charge in [0.15, 0.2) is 0 Å². The Hall–Kier alpha value is -2.84. The van der Waals surface area contributed by atoms with Gasteiger partial charge < -0.3 is 14.8 Å². The maximum atomic E-state index is 13.0. The second-order valence-electron chi connectivity index (χ2n) is 6.83. The van der Waals surface area contributed by atoms with Crippen molar-refractivity contribution < 1.29 is 13.2 Å². The lowest BCUT2D eigenvalue weighted by atomic mass is 10.2. The van der Waals surface area contributed by atoms with E-state index in [0.29, 0.717) is 13.1 Å². The highest BCUT2D eigenvalue weighted by molar-refractivity contribution is 7.89. The van der Waals surface area contributed by atoms with Gasteiger partial charge in [-0.1, -0.05) is 18.2 Å². The second-order valence-corrected chi connectivity index (χ2v) is 8.77. The summed E-state index contributed by atoms with van der Waals surface area (Å²) in [7, 11) is -1.66. The van der Waals surface area contributed by atoms with Crippen LogP contribution in [0.15, 0.2) is 65.7 Å². The number of sulfonamides is 1. The average molecular weight is 398 g/mol. The molecule has 0 bridgehead atoms. The fraction of sp³-hybridized carbons (Fsp3) is 0.250. The van der Waals surface area contributed by atoms with Gasteiger partial charge in [0.05, 0.1) is 4.90 Å². The molecular formula is C20H22N4O3S. The number of carbonyl (C=O) groups is 1.